The minimum absolute atomic E-state index is 0.0387. The van der Waals surface area contributed by atoms with Crippen LogP contribution in [0.4, 0.5) is 9.93 Å². The predicted molar refractivity (Wildman–Crippen MR) is 198 cm³/mol. The average Bonchev–Trinajstić information content (AvgIpc) is 3.51. The summed E-state index contributed by atoms with van der Waals surface area (Å²) in [6.45, 7) is 13.0. The smallest absolute Gasteiger partial charge is 0.413 e. The minimum atomic E-state index is -1.65. The topological polar surface area (TPSA) is 218 Å². The number of carbonyl (C=O) groups excluding carboxylic acids is 5. The molecular weight excluding hydrogens is 723 g/mol. The largest absolute Gasteiger partial charge is 0.483 e. The summed E-state index contributed by atoms with van der Waals surface area (Å²) in [6.07, 6.45) is 0.631. The molecular formula is C36H45N7O10S. The van der Waals surface area contributed by atoms with Crippen molar-refractivity contribution in [2.45, 2.75) is 90.9 Å². The molecule has 3 aromatic rings. The van der Waals surface area contributed by atoms with Gasteiger partial charge in [0.15, 0.2) is 16.6 Å². The van der Waals surface area contributed by atoms with E-state index in [9.17, 15) is 28.8 Å². The van der Waals surface area contributed by atoms with Crippen LogP contribution in [0.5, 0.6) is 5.75 Å². The van der Waals surface area contributed by atoms with Crippen LogP contribution < -0.4 is 31.4 Å². The van der Waals surface area contributed by atoms with Crippen LogP contribution in [0.25, 0.3) is 0 Å². The Balaban J connectivity index is 1.46. The number of oxime groups is 1. The maximum absolute atomic E-state index is 13.7. The molecule has 18 heteroatoms. The van der Waals surface area contributed by atoms with E-state index in [1.165, 1.54) is 30.0 Å². The van der Waals surface area contributed by atoms with Gasteiger partial charge in [-0.15, -0.1) is 11.3 Å². The van der Waals surface area contributed by atoms with Gasteiger partial charge in [0.2, 0.25) is 16.9 Å². The van der Waals surface area contributed by atoms with E-state index in [1.807, 2.05) is 30.3 Å². The normalized spacial score (nSPS) is 15.9. The van der Waals surface area contributed by atoms with Gasteiger partial charge in [-0.05, 0) is 61.0 Å². The summed E-state index contributed by atoms with van der Waals surface area (Å²) in [5, 5.41) is 15.8. The van der Waals surface area contributed by atoms with Crippen LogP contribution in [0, 0.1) is 0 Å². The van der Waals surface area contributed by atoms with Crippen LogP contribution in [0.3, 0.4) is 0 Å². The fourth-order valence-electron chi connectivity index (χ4n) is 4.59. The highest BCUT2D eigenvalue weighted by Gasteiger charge is 2.42. The molecule has 1 fully saturated rings. The number of hydrogen-bond donors (Lipinski definition) is 4. The van der Waals surface area contributed by atoms with Crippen LogP contribution in [0.2, 0.25) is 0 Å². The van der Waals surface area contributed by atoms with Crippen LogP contribution in [-0.2, 0) is 42.3 Å². The van der Waals surface area contributed by atoms with Gasteiger partial charge in [-0.25, -0.2) is 14.6 Å². The van der Waals surface area contributed by atoms with E-state index in [1.54, 1.807) is 48.6 Å². The Morgan fingerprint density at radius 1 is 0.981 bits per heavy atom. The first-order valence-electron chi connectivity index (χ1n) is 16.8. The van der Waals surface area contributed by atoms with E-state index in [4.69, 9.17) is 19.0 Å². The number of pyridine rings is 1. The number of β-lactam (4-membered cyclic amide) rings is 1. The molecule has 54 heavy (non-hydrogen) atoms. The van der Waals surface area contributed by atoms with Crippen molar-refractivity contribution in [1.82, 2.24) is 25.5 Å². The third kappa shape index (κ3) is 11.4. The molecule has 1 aliphatic rings. The summed E-state index contributed by atoms with van der Waals surface area (Å²) in [5.74, 6) is -2.76. The number of benzene rings is 1. The molecule has 2 aromatic heterocycles. The highest BCUT2D eigenvalue weighted by molar-refractivity contribution is 7.14. The highest BCUT2D eigenvalue weighted by Crippen LogP contribution is 2.21. The maximum Gasteiger partial charge on any atom is 0.413 e. The fraction of sp³-hybridized carbons (Fsp3) is 0.444. The lowest BCUT2D eigenvalue weighted by Gasteiger charge is -2.37. The van der Waals surface area contributed by atoms with E-state index >= 15 is 0 Å². The molecule has 17 nitrogen and oxygen atoms in total. The molecule has 0 spiro atoms. The van der Waals surface area contributed by atoms with Gasteiger partial charge in [-0.1, -0.05) is 35.5 Å². The maximum atomic E-state index is 13.7. The molecule has 0 saturated carbocycles. The van der Waals surface area contributed by atoms with Crippen LogP contribution >= 0.6 is 11.3 Å². The summed E-state index contributed by atoms with van der Waals surface area (Å²) < 4.78 is 17.8. The lowest BCUT2D eigenvalue weighted by molar-refractivity contribution is -0.179. The number of nitrogens with one attached hydrogen (secondary N) is 4. The van der Waals surface area contributed by atoms with E-state index in [-0.39, 0.29) is 35.4 Å². The fourth-order valence-corrected chi connectivity index (χ4v) is 5.27. The molecule has 1 aliphatic heterocycles. The van der Waals surface area contributed by atoms with E-state index in [0.29, 0.717) is 0 Å². The predicted octanol–water partition coefficient (Wildman–Crippen LogP) is 3.02. The zero-order valence-corrected chi connectivity index (χ0v) is 32.3. The highest BCUT2D eigenvalue weighted by atomic mass is 32.1. The number of nitrogens with zero attached hydrogens (tertiary/aromatic N) is 3. The molecule has 1 saturated heterocycles. The van der Waals surface area contributed by atoms with E-state index in [0.717, 1.165) is 23.0 Å². The molecule has 0 radical (unpaired) electrons. The third-order valence-corrected chi connectivity index (χ3v) is 8.04. The van der Waals surface area contributed by atoms with Gasteiger partial charge in [0, 0.05) is 25.0 Å². The standard InChI is InChI=1S/C36H45N7O10S/c1-34(2,3)51-31(48)36(7,8)53-42-27(22-19-54-32(39-22)41-33(49)52-35(4,5)6)30(47)40-26-21(38-29(26)46)16-37-28(45)23-15-24(44)25(17-43(23)9)50-18-20-13-11-10-12-14-20/h10-15,17,19,21,26H,16,18H2,1-9H3,(H,37,45)(H,38,46)(H,40,47)(H,39,41,49)/b42-27-/t21-,26+/m1/s1. The van der Waals surface area contributed by atoms with Crippen molar-refractivity contribution in [3.63, 3.8) is 0 Å². The van der Waals surface area contributed by atoms with E-state index < -0.39 is 69.8 Å². The van der Waals surface area contributed by atoms with Crippen molar-refractivity contribution in [3.8, 4) is 5.75 Å². The van der Waals surface area contributed by atoms with Crippen molar-refractivity contribution >= 4 is 52.0 Å². The number of ether oxygens (including phenoxy) is 3. The molecule has 4 amide bonds. The number of hydrogen-bond acceptors (Lipinski definition) is 13. The molecule has 1 aromatic carbocycles. The van der Waals surface area contributed by atoms with Crippen LogP contribution in [0.1, 0.15) is 77.1 Å². The summed E-state index contributed by atoms with van der Waals surface area (Å²) >= 11 is 0.961. The number of esters is 1. The summed E-state index contributed by atoms with van der Waals surface area (Å²) in [6, 6.07) is 8.56. The second kappa shape index (κ2) is 16.5. The lowest BCUT2D eigenvalue weighted by atomic mass is 9.98. The van der Waals surface area contributed by atoms with Gasteiger partial charge < -0.3 is 39.6 Å². The number of rotatable bonds is 13. The van der Waals surface area contributed by atoms with Crippen molar-refractivity contribution in [2.75, 3.05) is 11.9 Å². The van der Waals surface area contributed by atoms with Gasteiger partial charge in [0.1, 0.15) is 35.2 Å². The first-order chi connectivity index (χ1) is 25.1. The Morgan fingerprint density at radius 2 is 1.65 bits per heavy atom. The first-order valence-corrected chi connectivity index (χ1v) is 17.7. The summed E-state index contributed by atoms with van der Waals surface area (Å²) in [5.41, 5.74) is -3.33. The zero-order chi connectivity index (χ0) is 40.0. The van der Waals surface area contributed by atoms with Crippen LogP contribution in [0.15, 0.2) is 57.9 Å². The third-order valence-electron chi connectivity index (χ3n) is 7.28. The number of aromatic nitrogens is 2. The summed E-state index contributed by atoms with van der Waals surface area (Å²) in [7, 11) is 1.58. The van der Waals surface area contributed by atoms with Crippen molar-refractivity contribution in [1.29, 1.82) is 0 Å². The second-order valence-electron chi connectivity index (χ2n) is 14.8. The summed E-state index contributed by atoms with van der Waals surface area (Å²) in [4.78, 5) is 87.1. The number of thiazole rings is 1. The average molecular weight is 768 g/mol. The Labute approximate surface area is 315 Å². The van der Waals surface area contributed by atoms with E-state index in [2.05, 4.69) is 31.4 Å². The Morgan fingerprint density at radius 3 is 2.28 bits per heavy atom. The Hall–Kier alpha value is -5.78. The number of anilines is 1. The molecule has 0 bridgehead atoms. The molecule has 0 unspecified atom stereocenters. The first kappa shape index (κ1) is 41.0. The van der Waals surface area contributed by atoms with Crippen molar-refractivity contribution in [3.05, 3.63) is 75.1 Å². The Kier molecular flexibility index (Phi) is 12.5. The quantitative estimate of drug-likeness (QED) is 0.0858. The molecule has 0 aliphatic carbocycles. The Bertz CT molecular complexity index is 1980. The van der Waals surface area contributed by atoms with Gasteiger partial charge in [0.25, 0.3) is 11.8 Å². The number of carbonyl (C=O) groups is 5. The molecule has 3 heterocycles. The molecule has 290 valence electrons. The lowest BCUT2D eigenvalue weighted by Crippen LogP contribution is -2.72. The number of aryl methyl sites for hydroxylation is 1. The zero-order valence-electron chi connectivity index (χ0n) is 31.5. The number of amides is 4. The van der Waals surface area contributed by atoms with Crippen molar-refractivity contribution in [2.24, 2.45) is 12.2 Å². The van der Waals surface area contributed by atoms with Gasteiger partial charge >= 0.3 is 12.1 Å². The van der Waals surface area contributed by atoms with Crippen molar-refractivity contribution < 1.29 is 43.0 Å². The second-order valence-corrected chi connectivity index (χ2v) is 15.6. The van der Waals surface area contributed by atoms with Gasteiger partial charge in [-0.2, -0.15) is 0 Å². The minimum Gasteiger partial charge on any atom is -0.483 e. The van der Waals surface area contributed by atoms with Gasteiger partial charge in [0.05, 0.1) is 12.2 Å². The monoisotopic (exact) mass is 767 g/mol. The molecule has 4 rings (SSSR count). The molecule has 2 atom stereocenters. The van der Waals surface area contributed by atoms with Gasteiger partial charge in [-0.3, -0.25) is 24.5 Å². The SMILES string of the molecule is Cn1cc(OCc2ccccc2)c(=O)cc1C(=O)NC[C@H]1NC(=O)[C@H]1NC(=O)/C(=N\OC(C)(C)C(=O)OC(C)(C)C)c1csc(NC(=O)OC(C)(C)C)n1. The molecule has 4 N–H and O–H groups in total. The van der Waals surface area contributed by atoms with Crippen LogP contribution in [-0.4, -0.2) is 80.5 Å².